The zero-order valence-electron chi connectivity index (χ0n) is 16.1. The summed E-state index contributed by atoms with van der Waals surface area (Å²) in [5.41, 5.74) is 0.782. The fourth-order valence-electron chi connectivity index (χ4n) is 2.86. The van der Waals surface area contributed by atoms with E-state index in [1.807, 2.05) is 18.2 Å². The number of aliphatic hydroxyl groups excluding tert-OH is 1. The molecule has 0 radical (unpaired) electrons. The lowest BCUT2D eigenvalue weighted by Gasteiger charge is -2.22. The lowest BCUT2D eigenvalue weighted by molar-refractivity contribution is 0.0476. The molecule has 2 aromatic rings. The van der Waals surface area contributed by atoms with E-state index in [4.69, 9.17) is 25.2 Å². The first-order valence-electron chi connectivity index (χ1n) is 9.28. The molecule has 0 unspecified atom stereocenters. The normalized spacial score (nSPS) is 15.8. The second kappa shape index (κ2) is 9.55. The van der Waals surface area contributed by atoms with Crippen LogP contribution in [0.5, 0.6) is 11.5 Å². The highest BCUT2D eigenvalue weighted by atomic mass is 16.7. The van der Waals surface area contributed by atoms with Crippen LogP contribution in [-0.4, -0.2) is 47.9 Å². The van der Waals surface area contributed by atoms with Gasteiger partial charge in [0.1, 0.15) is 6.61 Å². The van der Waals surface area contributed by atoms with Crippen LogP contribution < -0.4 is 14.8 Å². The third-order valence-corrected chi connectivity index (χ3v) is 4.62. The maximum atomic E-state index is 10.1. The Labute approximate surface area is 164 Å². The van der Waals surface area contributed by atoms with Crippen molar-refractivity contribution in [1.29, 1.82) is 0 Å². The zero-order valence-corrected chi connectivity index (χ0v) is 16.1. The molecule has 2 heterocycles. The average Bonchev–Trinajstić information content (AvgIpc) is 3.37. The van der Waals surface area contributed by atoms with Crippen LogP contribution in [0.4, 0.5) is 0 Å². The summed E-state index contributed by atoms with van der Waals surface area (Å²) in [5.74, 6) is 4.91. The number of nitrogens with zero attached hydrogens (tertiary/aromatic N) is 2. The zero-order chi connectivity index (χ0) is 19.9. The predicted octanol–water partition coefficient (Wildman–Crippen LogP) is 2.15. The van der Waals surface area contributed by atoms with E-state index in [-0.39, 0.29) is 32.0 Å². The van der Waals surface area contributed by atoms with Gasteiger partial charge in [0.25, 0.3) is 0 Å². The van der Waals surface area contributed by atoms with E-state index < -0.39 is 6.10 Å². The number of fused-ring (bicyclic) bond motifs is 1. The molecule has 2 N–H and O–H groups in total. The van der Waals surface area contributed by atoms with Crippen LogP contribution >= 0.6 is 0 Å². The highest BCUT2D eigenvalue weighted by Crippen LogP contribution is 2.35. The number of benzene rings is 1. The van der Waals surface area contributed by atoms with E-state index in [0.29, 0.717) is 29.8 Å². The Morgan fingerprint density at radius 3 is 2.96 bits per heavy atom. The van der Waals surface area contributed by atoms with Crippen LogP contribution in [-0.2, 0) is 4.74 Å². The van der Waals surface area contributed by atoms with Gasteiger partial charge in [-0.05, 0) is 24.1 Å². The number of terminal acetylenes is 1. The summed E-state index contributed by atoms with van der Waals surface area (Å²) in [5, 5.41) is 17.5. The van der Waals surface area contributed by atoms with Crippen molar-refractivity contribution in [3.8, 4) is 35.2 Å². The Balaban J connectivity index is 1.69. The highest BCUT2D eigenvalue weighted by Gasteiger charge is 2.25. The van der Waals surface area contributed by atoms with Crippen LogP contribution in [0.3, 0.4) is 0 Å². The number of aliphatic hydroxyl groups is 1. The number of hydrogen-bond acceptors (Lipinski definition) is 8. The molecular formula is C20H25N3O5. The molecule has 8 nitrogen and oxygen atoms in total. The molecule has 1 aliphatic heterocycles. The van der Waals surface area contributed by atoms with E-state index >= 15 is 0 Å². The maximum Gasteiger partial charge on any atom is 0.244 e. The summed E-state index contributed by atoms with van der Waals surface area (Å²) in [6.45, 7) is 5.04. The topological polar surface area (TPSA) is 98.9 Å². The highest BCUT2D eigenvalue weighted by molar-refractivity contribution is 5.61. The molecule has 1 aliphatic rings. The van der Waals surface area contributed by atoms with Crippen LogP contribution in [0.2, 0.25) is 0 Å². The van der Waals surface area contributed by atoms with Gasteiger partial charge in [-0.3, -0.25) is 0 Å². The van der Waals surface area contributed by atoms with Crippen molar-refractivity contribution in [3.05, 3.63) is 24.1 Å². The third-order valence-electron chi connectivity index (χ3n) is 4.62. The number of aromatic nitrogens is 2. The summed E-state index contributed by atoms with van der Waals surface area (Å²) in [7, 11) is 0. The van der Waals surface area contributed by atoms with E-state index in [0.717, 1.165) is 12.0 Å². The molecule has 8 heteroatoms. The summed E-state index contributed by atoms with van der Waals surface area (Å²) in [4.78, 5) is 4.55. The van der Waals surface area contributed by atoms with Crippen molar-refractivity contribution in [2.45, 2.75) is 32.4 Å². The minimum Gasteiger partial charge on any atom is -0.454 e. The van der Waals surface area contributed by atoms with E-state index in [2.05, 4.69) is 35.2 Å². The molecule has 0 bridgehead atoms. The first kappa shape index (κ1) is 20.1. The standard InChI is InChI=1S/C20H25N3O5/c1-4-8-25-11-15(24)10-21-18(13(3)5-2)20-22-19(23-28-20)14-6-7-16-17(9-14)27-12-26-16/h1,6-7,9,13,15,18,21,24H,5,8,10-12H2,2-3H3/t13-,15+,18-/m0/s1. The molecule has 28 heavy (non-hydrogen) atoms. The smallest absolute Gasteiger partial charge is 0.244 e. The number of nitrogens with one attached hydrogen (secondary N) is 1. The molecule has 0 saturated heterocycles. The predicted molar refractivity (Wildman–Crippen MR) is 102 cm³/mol. The molecular weight excluding hydrogens is 362 g/mol. The first-order valence-corrected chi connectivity index (χ1v) is 9.28. The molecule has 0 amide bonds. The van der Waals surface area contributed by atoms with E-state index in [9.17, 15) is 5.11 Å². The Hall–Kier alpha value is -2.60. The monoisotopic (exact) mass is 387 g/mol. The second-order valence-electron chi connectivity index (χ2n) is 6.67. The summed E-state index contributed by atoms with van der Waals surface area (Å²) < 4.78 is 21.4. The average molecular weight is 387 g/mol. The van der Waals surface area contributed by atoms with Gasteiger partial charge in [-0.15, -0.1) is 6.42 Å². The Kier molecular flexibility index (Phi) is 6.87. The van der Waals surface area contributed by atoms with Crippen molar-refractivity contribution in [3.63, 3.8) is 0 Å². The van der Waals surface area contributed by atoms with Gasteiger partial charge >= 0.3 is 0 Å². The fourth-order valence-corrected chi connectivity index (χ4v) is 2.86. The molecule has 1 aromatic carbocycles. The second-order valence-corrected chi connectivity index (χ2v) is 6.67. The first-order chi connectivity index (χ1) is 13.6. The van der Waals surface area contributed by atoms with Crippen molar-refractivity contribution in [1.82, 2.24) is 15.5 Å². The summed E-state index contributed by atoms with van der Waals surface area (Å²) in [6.07, 6.45) is 5.36. The van der Waals surface area contributed by atoms with Gasteiger partial charge in [-0.25, -0.2) is 0 Å². The van der Waals surface area contributed by atoms with Crippen molar-refractivity contribution in [2.24, 2.45) is 5.92 Å². The summed E-state index contributed by atoms with van der Waals surface area (Å²) in [6, 6.07) is 5.32. The Morgan fingerprint density at radius 1 is 1.36 bits per heavy atom. The minimum absolute atomic E-state index is 0.163. The third kappa shape index (κ3) is 4.81. The van der Waals surface area contributed by atoms with Gasteiger partial charge in [0.05, 0.1) is 18.8 Å². The molecule has 3 rings (SSSR count). The number of rotatable bonds is 10. The largest absolute Gasteiger partial charge is 0.454 e. The van der Waals surface area contributed by atoms with Gasteiger partial charge in [0.15, 0.2) is 11.5 Å². The summed E-state index contributed by atoms with van der Waals surface area (Å²) >= 11 is 0. The number of hydrogen-bond donors (Lipinski definition) is 2. The molecule has 150 valence electrons. The van der Waals surface area contributed by atoms with Crippen LogP contribution in [0.1, 0.15) is 32.2 Å². The van der Waals surface area contributed by atoms with Crippen molar-refractivity contribution < 1.29 is 23.8 Å². The maximum absolute atomic E-state index is 10.1. The molecule has 0 aliphatic carbocycles. The minimum atomic E-state index is -0.684. The molecule has 0 fully saturated rings. The molecule has 3 atom stereocenters. The van der Waals surface area contributed by atoms with E-state index in [1.165, 1.54) is 0 Å². The molecule has 0 spiro atoms. The fraction of sp³-hybridized carbons (Fsp3) is 0.500. The van der Waals surface area contributed by atoms with E-state index in [1.54, 1.807) is 0 Å². The van der Waals surface area contributed by atoms with Gasteiger partial charge < -0.3 is 29.2 Å². The van der Waals surface area contributed by atoms with Gasteiger partial charge in [-0.1, -0.05) is 31.3 Å². The van der Waals surface area contributed by atoms with Gasteiger partial charge in [-0.2, -0.15) is 4.98 Å². The lowest BCUT2D eigenvalue weighted by atomic mass is 9.99. The SMILES string of the molecule is C#CCOC[C@H](O)CN[C@H](c1nc(-c2ccc3c(c2)OCO3)no1)[C@@H](C)CC. The Bertz CT molecular complexity index is 816. The van der Waals surface area contributed by atoms with Gasteiger partial charge in [0, 0.05) is 12.1 Å². The van der Waals surface area contributed by atoms with Crippen molar-refractivity contribution in [2.75, 3.05) is 26.6 Å². The molecule has 1 aromatic heterocycles. The van der Waals surface area contributed by atoms with Gasteiger partial charge in [0.2, 0.25) is 18.5 Å². The van der Waals surface area contributed by atoms with Crippen LogP contribution in [0.15, 0.2) is 22.7 Å². The number of ether oxygens (including phenoxy) is 3. The Morgan fingerprint density at radius 2 is 2.18 bits per heavy atom. The quantitative estimate of drug-likeness (QED) is 0.473. The van der Waals surface area contributed by atoms with Crippen LogP contribution in [0.25, 0.3) is 11.4 Å². The van der Waals surface area contributed by atoms with Crippen LogP contribution in [0, 0.1) is 18.3 Å². The molecule has 0 saturated carbocycles. The lowest BCUT2D eigenvalue weighted by Crippen LogP contribution is -2.35. The van der Waals surface area contributed by atoms with Crippen molar-refractivity contribution >= 4 is 0 Å².